The minimum atomic E-state index is -0.642. The lowest BCUT2D eigenvalue weighted by Crippen LogP contribution is -2.38. The zero-order chi connectivity index (χ0) is 12.4. The van der Waals surface area contributed by atoms with Crippen LogP contribution in [-0.2, 0) is 4.74 Å². The summed E-state index contributed by atoms with van der Waals surface area (Å²) in [5.74, 6) is 0. The molecule has 4 nitrogen and oxygen atoms in total. The second kappa shape index (κ2) is 4.62. The number of hydrogen-bond acceptors (Lipinski definition) is 3. The van der Waals surface area contributed by atoms with Crippen molar-refractivity contribution in [3.05, 3.63) is 0 Å². The summed E-state index contributed by atoms with van der Waals surface area (Å²) in [6, 6.07) is 0. The Balaban J connectivity index is 2.52. The quantitative estimate of drug-likeness (QED) is 0.692. The number of nitrogens with zero attached hydrogens (tertiary/aromatic N) is 1. The van der Waals surface area contributed by atoms with Crippen molar-refractivity contribution in [2.45, 2.75) is 58.2 Å². The maximum absolute atomic E-state index is 11.8. The van der Waals surface area contributed by atoms with Crippen LogP contribution in [0.25, 0.3) is 0 Å². The van der Waals surface area contributed by atoms with E-state index in [1.54, 1.807) is 4.90 Å². The summed E-state index contributed by atoms with van der Waals surface area (Å²) in [5, 5.41) is 9.91. The minimum Gasteiger partial charge on any atom is -0.444 e. The molecule has 1 atom stereocenters. The highest BCUT2D eigenvalue weighted by Gasteiger charge is 2.29. The Morgan fingerprint density at radius 3 is 2.50 bits per heavy atom. The van der Waals surface area contributed by atoms with E-state index in [1.807, 2.05) is 27.7 Å². The molecular weight excluding hydrogens is 206 g/mol. The minimum absolute atomic E-state index is 0.273. The Morgan fingerprint density at radius 1 is 1.31 bits per heavy atom. The van der Waals surface area contributed by atoms with E-state index in [2.05, 4.69) is 0 Å². The Labute approximate surface area is 97.6 Å². The molecule has 0 spiro atoms. The molecule has 1 aliphatic rings. The van der Waals surface area contributed by atoms with Crippen molar-refractivity contribution in [2.75, 3.05) is 13.1 Å². The summed E-state index contributed by atoms with van der Waals surface area (Å²) < 4.78 is 5.31. The van der Waals surface area contributed by atoms with Gasteiger partial charge >= 0.3 is 6.09 Å². The number of carbonyl (C=O) groups excluding carboxylic acids is 1. The molecule has 0 bridgehead atoms. The molecule has 1 rings (SSSR count). The van der Waals surface area contributed by atoms with Gasteiger partial charge in [-0.05, 0) is 47.0 Å². The first kappa shape index (κ1) is 13.3. The molecule has 1 N–H and O–H groups in total. The molecular formula is C12H23NO3. The van der Waals surface area contributed by atoms with Crippen LogP contribution in [0, 0.1) is 0 Å². The highest BCUT2D eigenvalue weighted by molar-refractivity contribution is 5.68. The van der Waals surface area contributed by atoms with E-state index in [0.717, 1.165) is 12.8 Å². The third-order valence-corrected chi connectivity index (χ3v) is 2.72. The molecule has 1 aliphatic heterocycles. The third kappa shape index (κ3) is 4.39. The number of hydrogen-bond donors (Lipinski definition) is 1. The lowest BCUT2D eigenvalue weighted by molar-refractivity contribution is 0.0210. The van der Waals surface area contributed by atoms with Crippen LogP contribution in [-0.4, -0.2) is 40.4 Å². The van der Waals surface area contributed by atoms with Crippen LogP contribution in [0.1, 0.15) is 47.0 Å². The van der Waals surface area contributed by atoms with Gasteiger partial charge in [-0.3, -0.25) is 0 Å². The molecule has 1 saturated heterocycles. The predicted octanol–water partition coefficient (Wildman–Crippen LogP) is 2.16. The van der Waals surface area contributed by atoms with E-state index < -0.39 is 11.2 Å². The summed E-state index contributed by atoms with van der Waals surface area (Å²) in [5.41, 5.74) is -1.09. The van der Waals surface area contributed by atoms with E-state index in [9.17, 15) is 9.90 Å². The van der Waals surface area contributed by atoms with E-state index in [0.29, 0.717) is 19.5 Å². The first-order chi connectivity index (χ1) is 7.20. The average molecular weight is 229 g/mol. The van der Waals surface area contributed by atoms with Gasteiger partial charge in [0.2, 0.25) is 0 Å². The lowest BCUT2D eigenvalue weighted by atomic mass is 9.98. The fourth-order valence-electron chi connectivity index (χ4n) is 1.77. The average Bonchev–Trinajstić information content (AvgIpc) is 2.23. The fraction of sp³-hybridized carbons (Fsp3) is 0.917. The number of rotatable bonds is 0. The zero-order valence-electron chi connectivity index (χ0n) is 10.7. The van der Waals surface area contributed by atoms with Crippen molar-refractivity contribution in [3.63, 3.8) is 0 Å². The number of amides is 1. The Kier molecular flexibility index (Phi) is 3.84. The van der Waals surface area contributed by atoms with Gasteiger partial charge in [0.25, 0.3) is 0 Å². The Hall–Kier alpha value is -0.770. The van der Waals surface area contributed by atoms with Gasteiger partial charge < -0.3 is 14.7 Å². The van der Waals surface area contributed by atoms with Crippen molar-refractivity contribution in [3.8, 4) is 0 Å². The fourth-order valence-corrected chi connectivity index (χ4v) is 1.77. The molecule has 1 amide bonds. The van der Waals surface area contributed by atoms with Crippen molar-refractivity contribution < 1.29 is 14.6 Å². The maximum Gasteiger partial charge on any atom is 0.410 e. The molecule has 1 fully saturated rings. The van der Waals surface area contributed by atoms with Crippen LogP contribution < -0.4 is 0 Å². The van der Waals surface area contributed by atoms with Gasteiger partial charge in [-0.25, -0.2) is 4.79 Å². The smallest absolute Gasteiger partial charge is 0.410 e. The molecule has 0 radical (unpaired) electrons. The van der Waals surface area contributed by atoms with Crippen LogP contribution >= 0.6 is 0 Å². The summed E-state index contributed by atoms with van der Waals surface area (Å²) in [6.07, 6.45) is 1.91. The van der Waals surface area contributed by atoms with E-state index in [4.69, 9.17) is 4.74 Å². The number of likely N-dealkylation sites (tertiary alicyclic amines) is 1. The van der Waals surface area contributed by atoms with E-state index >= 15 is 0 Å². The third-order valence-electron chi connectivity index (χ3n) is 2.72. The van der Waals surface area contributed by atoms with Crippen molar-refractivity contribution >= 4 is 6.09 Å². The van der Waals surface area contributed by atoms with Crippen LogP contribution in [0.15, 0.2) is 0 Å². The monoisotopic (exact) mass is 229 g/mol. The highest BCUT2D eigenvalue weighted by atomic mass is 16.6. The maximum atomic E-state index is 11.8. The standard InChI is InChI=1S/C12H23NO3/c1-11(2,3)16-10(14)13-8-5-6-12(4,15)7-9-13/h15H,5-9H2,1-4H3/t12-/m1/s1. The van der Waals surface area contributed by atoms with Crippen molar-refractivity contribution in [2.24, 2.45) is 0 Å². The van der Waals surface area contributed by atoms with E-state index in [1.165, 1.54) is 0 Å². The summed E-state index contributed by atoms with van der Waals surface area (Å²) in [6.45, 7) is 8.65. The normalized spacial score (nSPS) is 27.4. The summed E-state index contributed by atoms with van der Waals surface area (Å²) in [7, 11) is 0. The molecule has 94 valence electrons. The van der Waals surface area contributed by atoms with Crippen LogP contribution in [0.5, 0.6) is 0 Å². The SMILES string of the molecule is CC(C)(C)OC(=O)N1CCC[C@@](C)(O)CC1. The molecule has 4 heteroatoms. The molecule has 0 unspecified atom stereocenters. The van der Waals surface area contributed by atoms with Crippen LogP contribution in [0.3, 0.4) is 0 Å². The number of carbonyl (C=O) groups is 1. The lowest BCUT2D eigenvalue weighted by Gasteiger charge is -2.26. The molecule has 0 aromatic carbocycles. The molecule has 0 saturated carbocycles. The van der Waals surface area contributed by atoms with Gasteiger partial charge in [-0.2, -0.15) is 0 Å². The van der Waals surface area contributed by atoms with Crippen molar-refractivity contribution in [1.29, 1.82) is 0 Å². The second-order valence-electron chi connectivity index (χ2n) is 5.82. The van der Waals surface area contributed by atoms with Crippen LogP contribution in [0.4, 0.5) is 4.79 Å². The summed E-state index contributed by atoms with van der Waals surface area (Å²) >= 11 is 0. The summed E-state index contributed by atoms with van der Waals surface area (Å²) in [4.78, 5) is 13.5. The molecule has 0 aliphatic carbocycles. The molecule has 1 heterocycles. The largest absolute Gasteiger partial charge is 0.444 e. The van der Waals surface area contributed by atoms with Gasteiger partial charge in [-0.15, -0.1) is 0 Å². The zero-order valence-corrected chi connectivity index (χ0v) is 10.7. The van der Waals surface area contributed by atoms with Gasteiger partial charge in [0.15, 0.2) is 0 Å². The molecule has 0 aromatic heterocycles. The first-order valence-corrected chi connectivity index (χ1v) is 5.90. The Morgan fingerprint density at radius 2 is 1.94 bits per heavy atom. The second-order valence-corrected chi connectivity index (χ2v) is 5.82. The van der Waals surface area contributed by atoms with Gasteiger partial charge in [0.1, 0.15) is 5.60 Å². The van der Waals surface area contributed by atoms with Crippen molar-refractivity contribution in [1.82, 2.24) is 4.90 Å². The van der Waals surface area contributed by atoms with Gasteiger partial charge in [0.05, 0.1) is 5.60 Å². The highest BCUT2D eigenvalue weighted by Crippen LogP contribution is 2.22. The van der Waals surface area contributed by atoms with Crippen LogP contribution in [0.2, 0.25) is 0 Å². The first-order valence-electron chi connectivity index (χ1n) is 5.90. The molecule has 0 aromatic rings. The molecule has 16 heavy (non-hydrogen) atoms. The van der Waals surface area contributed by atoms with E-state index in [-0.39, 0.29) is 6.09 Å². The topological polar surface area (TPSA) is 49.8 Å². The van der Waals surface area contributed by atoms with Gasteiger partial charge in [-0.1, -0.05) is 0 Å². The van der Waals surface area contributed by atoms with Gasteiger partial charge in [0, 0.05) is 13.1 Å². The number of aliphatic hydroxyl groups is 1. The Bertz CT molecular complexity index is 255. The predicted molar refractivity (Wildman–Crippen MR) is 62.3 cm³/mol. The number of ether oxygens (including phenoxy) is 1.